The van der Waals surface area contributed by atoms with Gasteiger partial charge in [-0.1, -0.05) is 63.6 Å². The number of hydrogen-bond donors (Lipinski definition) is 0. The Bertz CT molecular complexity index is 1900. The van der Waals surface area contributed by atoms with Crippen molar-refractivity contribution in [3.63, 3.8) is 0 Å². The average molecular weight is 662 g/mol. The number of amides is 1. The molecule has 0 N–H and O–H groups in total. The van der Waals surface area contributed by atoms with Gasteiger partial charge in [0.1, 0.15) is 12.1 Å². The van der Waals surface area contributed by atoms with Gasteiger partial charge < -0.3 is 4.74 Å². The Labute approximate surface area is 276 Å². The number of halogens is 3. The standard InChI is InChI=1S/C36H38F3N5O2S/c1-6-7-27-11-8-24(2)20-31(27)44-25(3)22-47-34(44)41-32(45)18-19-35(4,5)21-26-9-12-28(13-10-26)33-40-23-43(42-33)29-14-16-30(17-15-29)46-36(37,38)39/h8-17,20,22-23H,6-7,18-19,21H2,1-5H3. The van der Waals surface area contributed by atoms with E-state index in [9.17, 15) is 18.0 Å². The molecule has 0 atom stereocenters. The minimum atomic E-state index is -4.75. The molecule has 0 aliphatic carbocycles. The molecule has 0 bridgehead atoms. The summed E-state index contributed by atoms with van der Waals surface area (Å²) in [6.07, 6.45) is 0.573. The van der Waals surface area contributed by atoms with E-state index in [1.165, 1.54) is 57.7 Å². The summed E-state index contributed by atoms with van der Waals surface area (Å²) in [6, 6.07) is 19.8. The van der Waals surface area contributed by atoms with E-state index >= 15 is 0 Å². The van der Waals surface area contributed by atoms with Gasteiger partial charge in [0.2, 0.25) is 5.91 Å². The Kier molecular flexibility index (Phi) is 10.1. The molecule has 0 saturated carbocycles. The van der Waals surface area contributed by atoms with Crippen LogP contribution < -0.4 is 9.54 Å². The Hall–Kier alpha value is -4.51. The molecule has 5 rings (SSSR count). The number of aromatic nitrogens is 4. The second-order valence-corrected chi connectivity index (χ2v) is 13.3. The van der Waals surface area contributed by atoms with E-state index in [0.717, 1.165) is 41.8 Å². The molecule has 2 aromatic heterocycles. The molecule has 5 aromatic rings. The van der Waals surface area contributed by atoms with Gasteiger partial charge in [-0.05, 0) is 85.5 Å². The molecule has 246 valence electrons. The van der Waals surface area contributed by atoms with Crippen molar-refractivity contribution in [2.75, 3.05) is 0 Å². The number of benzene rings is 3. The molecule has 2 heterocycles. The molecule has 1 amide bonds. The van der Waals surface area contributed by atoms with Crippen LogP contribution >= 0.6 is 11.3 Å². The van der Waals surface area contributed by atoms with Crippen LogP contribution in [0.3, 0.4) is 0 Å². The van der Waals surface area contributed by atoms with Crippen molar-refractivity contribution in [1.82, 2.24) is 19.3 Å². The Balaban J connectivity index is 1.21. The third-order valence-corrected chi connectivity index (χ3v) is 8.78. The average Bonchev–Trinajstić information content (AvgIpc) is 3.64. The number of ether oxygens (including phenoxy) is 1. The van der Waals surface area contributed by atoms with Gasteiger partial charge >= 0.3 is 6.36 Å². The van der Waals surface area contributed by atoms with Crippen LogP contribution in [0.25, 0.3) is 22.8 Å². The van der Waals surface area contributed by atoms with E-state index in [0.29, 0.717) is 29.2 Å². The van der Waals surface area contributed by atoms with Gasteiger partial charge in [0.25, 0.3) is 0 Å². The lowest BCUT2D eigenvalue weighted by Gasteiger charge is -2.24. The van der Waals surface area contributed by atoms with E-state index in [1.807, 2.05) is 36.6 Å². The van der Waals surface area contributed by atoms with Crippen molar-refractivity contribution < 1.29 is 22.7 Å². The van der Waals surface area contributed by atoms with Gasteiger partial charge in [-0.2, -0.15) is 4.99 Å². The SMILES string of the molecule is CCCc1ccc(C)cc1-n1c(C)csc1=NC(=O)CCC(C)(C)Cc1ccc(-c2ncn(-c3ccc(OC(F)(F)F)cc3)n2)cc1. The van der Waals surface area contributed by atoms with E-state index in [2.05, 4.69) is 70.3 Å². The number of alkyl halides is 3. The molecule has 0 aliphatic heterocycles. The number of aryl methyl sites for hydroxylation is 3. The highest BCUT2D eigenvalue weighted by Gasteiger charge is 2.31. The van der Waals surface area contributed by atoms with Gasteiger partial charge in [-0.25, -0.2) is 9.67 Å². The first-order valence-corrected chi connectivity index (χ1v) is 16.4. The number of carbonyl (C=O) groups excluding carboxylic acids is 1. The van der Waals surface area contributed by atoms with Crippen LogP contribution in [0, 0.1) is 19.3 Å². The topological polar surface area (TPSA) is 74.3 Å². The van der Waals surface area contributed by atoms with Crippen LogP contribution in [-0.2, 0) is 17.6 Å². The predicted molar refractivity (Wildman–Crippen MR) is 178 cm³/mol. The molecule has 3 aromatic carbocycles. The maximum atomic E-state index is 13.1. The van der Waals surface area contributed by atoms with Crippen molar-refractivity contribution in [3.8, 4) is 28.5 Å². The van der Waals surface area contributed by atoms with Crippen molar-refractivity contribution in [3.05, 3.63) is 106 Å². The highest BCUT2D eigenvalue weighted by molar-refractivity contribution is 7.07. The van der Waals surface area contributed by atoms with E-state index < -0.39 is 6.36 Å². The van der Waals surface area contributed by atoms with Crippen molar-refractivity contribution in [2.45, 2.75) is 73.1 Å². The largest absolute Gasteiger partial charge is 0.573 e. The van der Waals surface area contributed by atoms with Crippen LogP contribution in [0.5, 0.6) is 5.75 Å². The maximum Gasteiger partial charge on any atom is 0.573 e. The lowest BCUT2D eigenvalue weighted by Crippen LogP contribution is -2.20. The zero-order valence-corrected chi connectivity index (χ0v) is 28.0. The van der Waals surface area contributed by atoms with Gasteiger partial charge in [-0.3, -0.25) is 9.36 Å². The summed E-state index contributed by atoms with van der Waals surface area (Å²) < 4.78 is 44.9. The number of carbonyl (C=O) groups is 1. The molecule has 0 aliphatic rings. The second-order valence-electron chi connectivity index (χ2n) is 12.5. The zero-order chi connectivity index (χ0) is 33.8. The third kappa shape index (κ3) is 8.85. The van der Waals surface area contributed by atoms with Crippen LogP contribution in [0.4, 0.5) is 13.2 Å². The Morgan fingerprint density at radius 3 is 2.40 bits per heavy atom. The van der Waals surface area contributed by atoms with Crippen molar-refractivity contribution in [1.29, 1.82) is 0 Å². The first-order chi connectivity index (χ1) is 22.3. The summed E-state index contributed by atoms with van der Waals surface area (Å²) in [5.41, 5.74) is 6.92. The molecular weight excluding hydrogens is 623 g/mol. The van der Waals surface area contributed by atoms with Crippen LogP contribution in [0.1, 0.15) is 62.4 Å². The summed E-state index contributed by atoms with van der Waals surface area (Å²) in [5.74, 6) is 0.0636. The predicted octanol–water partition coefficient (Wildman–Crippen LogP) is 8.73. The fourth-order valence-electron chi connectivity index (χ4n) is 5.47. The maximum absolute atomic E-state index is 13.1. The highest BCUT2D eigenvalue weighted by Crippen LogP contribution is 2.29. The lowest BCUT2D eigenvalue weighted by molar-refractivity contribution is -0.274. The normalized spacial score (nSPS) is 12.5. The highest BCUT2D eigenvalue weighted by atomic mass is 32.1. The van der Waals surface area contributed by atoms with E-state index in [1.54, 1.807) is 0 Å². The smallest absolute Gasteiger partial charge is 0.406 e. The monoisotopic (exact) mass is 661 g/mol. The number of thiazole rings is 1. The third-order valence-electron chi connectivity index (χ3n) is 7.84. The van der Waals surface area contributed by atoms with Crippen molar-refractivity contribution in [2.24, 2.45) is 10.4 Å². The van der Waals surface area contributed by atoms with Gasteiger partial charge in [0.05, 0.1) is 11.4 Å². The van der Waals surface area contributed by atoms with Gasteiger partial charge in [-0.15, -0.1) is 29.6 Å². The molecule has 0 unspecified atom stereocenters. The minimum Gasteiger partial charge on any atom is -0.406 e. The zero-order valence-electron chi connectivity index (χ0n) is 27.1. The van der Waals surface area contributed by atoms with E-state index in [4.69, 9.17) is 0 Å². The Morgan fingerprint density at radius 2 is 1.72 bits per heavy atom. The van der Waals surface area contributed by atoms with Crippen LogP contribution in [0.15, 0.2) is 83.4 Å². The first kappa shape index (κ1) is 33.8. The molecule has 11 heteroatoms. The Morgan fingerprint density at radius 1 is 1.00 bits per heavy atom. The van der Waals surface area contributed by atoms with E-state index in [-0.39, 0.29) is 17.1 Å². The number of nitrogens with zero attached hydrogens (tertiary/aromatic N) is 5. The molecular formula is C36H38F3N5O2S. The number of rotatable bonds is 11. The molecule has 7 nitrogen and oxygen atoms in total. The molecule has 47 heavy (non-hydrogen) atoms. The van der Waals surface area contributed by atoms with Gasteiger partial charge in [0.15, 0.2) is 10.6 Å². The summed E-state index contributed by atoms with van der Waals surface area (Å²) in [7, 11) is 0. The molecule has 0 saturated heterocycles. The molecule has 0 fully saturated rings. The van der Waals surface area contributed by atoms with Crippen molar-refractivity contribution >= 4 is 17.2 Å². The summed E-state index contributed by atoms with van der Waals surface area (Å²) >= 11 is 1.49. The van der Waals surface area contributed by atoms with Crippen LogP contribution in [-0.4, -0.2) is 31.6 Å². The quantitative estimate of drug-likeness (QED) is 0.142. The summed E-state index contributed by atoms with van der Waals surface area (Å²) in [4.78, 5) is 22.7. The summed E-state index contributed by atoms with van der Waals surface area (Å²) in [5, 5.41) is 6.53. The first-order valence-electron chi connectivity index (χ1n) is 15.5. The van der Waals surface area contributed by atoms with Gasteiger partial charge in [0, 0.05) is 23.1 Å². The fraction of sp³-hybridized carbons (Fsp3) is 0.333. The summed E-state index contributed by atoms with van der Waals surface area (Å²) in [6.45, 7) is 10.6. The van der Waals surface area contributed by atoms with Crippen LogP contribution in [0.2, 0.25) is 0 Å². The lowest BCUT2D eigenvalue weighted by atomic mass is 9.81. The molecule has 0 spiro atoms. The number of hydrogen-bond acceptors (Lipinski definition) is 5. The minimum absolute atomic E-state index is 0.127. The molecule has 0 radical (unpaired) electrons. The second kappa shape index (κ2) is 14.1. The fourth-order valence-corrected chi connectivity index (χ4v) is 6.35.